The lowest BCUT2D eigenvalue weighted by Crippen LogP contribution is -2.51. The summed E-state index contributed by atoms with van der Waals surface area (Å²) in [5.41, 5.74) is 0. The summed E-state index contributed by atoms with van der Waals surface area (Å²) in [7, 11) is -3.34. The van der Waals surface area contributed by atoms with E-state index in [4.69, 9.17) is 0 Å². The molecule has 6 nitrogen and oxygen atoms in total. The fourth-order valence-corrected chi connectivity index (χ4v) is 5.62. The van der Waals surface area contributed by atoms with Gasteiger partial charge in [0.1, 0.15) is 0 Å². The molecular formula is C15H28ClN3O3S. The number of carbonyl (C=O) groups excluding carboxylic acids is 1. The first-order valence-electron chi connectivity index (χ1n) is 8.57. The fraction of sp³-hybridized carbons (Fsp3) is 0.933. The first-order chi connectivity index (χ1) is 10.6. The molecule has 0 aromatic rings. The van der Waals surface area contributed by atoms with Gasteiger partial charge < -0.3 is 10.2 Å². The molecule has 3 aliphatic rings. The Labute approximate surface area is 145 Å². The molecule has 23 heavy (non-hydrogen) atoms. The summed E-state index contributed by atoms with van der Waals surface area (Å²) < 4.78 is 27.9. The van der Waals surface area contributed by atoms with Crippen molar-refractivity contribution in [1.29, 1.82) is 0 Å². The number of likely N-dealkylation sites (tertiary alicyclic amines) is 1. The molecular weight excluding hydrogens is 338 g/mol. The average molecular weight is 366 g/mol. The van der Waals surface area contributed by atoms with Gasteiger partial charge in [-0.15, -0.1) is 12.4 Å². The van der Waals surface area contributed by atoms with Gasteiger partial charge >= 0.3 is 0 Å². The van der Waals surface area contributed by atoms with Crippen LogP contribution in [-0.4, -0.2) is 56.7 Å². The van der Waals surface area contributed by atoms with Crippen LogP contribution in [0.4, 0.5) is 0 Å². The highest BCUT2D eigenvalue weighted by Gasteiger charge is 2.36. The number of carbonyl (C=O) groups is 1. The third-order valence-corrected chi connectivity index (χ3v) is 7.15. The molecule has 0 bridgehead atoms. The van der Waals surface area contributed by atoms with Crippen molar-refractivity contribution in [2.45, 2.75) is 56.2 Å². The van der Waals surface area contributed by atoms with Crippen LogP contribution in [0.25, 0.3) is 0 Å². The van der Waals surface area contributed by atoms with Crippen LogP contribution in [0.1, 0.15) is 44.9 Å². The van der Waals surface area contributed by atoms with E-state index in [0.717, 1.165) is 45.1 Å². The molecule has 2 unspecified atom stereocenters. The van der Waals surface area contributed by atoms with E-state index in [2.05, 4.69) is 10.0 Å². The van der Waals surface area contributed by atoms with Crippen molar-refractivity contribution >= 4 is 28.3 Å². The summed E-state index contributed by atoms with van der Waals surface area (Å²) in [4.78, 5) is 14.3. The van der Waals surface area contributed by atoms with Crippen LogP contribution in [0.5, 0.6) is 0 Å². The van der Waals surface area contributed by atoms with Crippen molar-refractivity contribution < 1.29 is 13.2 Å². The van der Waals surface area contributed by atoms with Gasteiger partial charge in [0, 0.05) is 31.6 Å². The minimum atomic E-state index is -3.34. The summed E-state index contributed by atoms with van der Waals surface area (Å²) in [5.74, 6) is 0.313. The molecule has 2 heterocycles. The zero-order valence-corrected chi connectivity index (χ0v) is 15.1. The predicted molar refractivity (Wildman–Crippen MR) is 92.1 cm³/mol. The molecule has 2 atom stereocenters. The van der Waals surface area contributed by atoms with Crippen molar-refractivity contribution in [2.75, 3.05) is 26.2 Å². The van der Waals surface area contributed by atoms with E-state index in [1.807, 2.05) is 0 Å². The third kappa shape index (κ3) is 4.59. The molecule has 0 radical (unpaired) electrons. The molecule has 3 fully saturated rings. The van der Waals surface area contributed by atoms with E-state index in [-0.39, 0.29) is 30.3 Å². The van der Waals surface area contributed by atoms with Crippen LogP contribution < -0.4 is 10.0 Å². The molecule has 2 saturated heterocycles. The van der Waals surface area contributed by atoms with Crippen molar-refractivity contribution in [3.63, 3.8) is 0 Å². The maximum atomic E-state index is 12.6. The van der Waals surface area contributed by atoms with Gasteiger partial charge in [0.05, 0.1) is 5.25 Å². The molecule has 0 spiro atoms. The third-order valence-electron chi connectivity index (χ3n) is 5.22. The zero-order valence-electron chi connectivity index (χ0n) is 13.5. The minimum Gasteiger partial charge on any atom is -0.341 e. The lowest BCUT2D eigenvalue weighted by atomic mass is 10.0. The van der Waals surface area contributed by atoms with Crippen LogP contribution in [-0.2, 0) is 14.8 Å². The smallest absolute Gasteiger partial charge is 0.225 e. The molecule has 0 aromatic carbocycles. The summed E-state index contributed by atoms with van der Waals surface area (Å²) in [5, 5.41) is 2.72. The Bertz CT molecular complexity index is 502. The lowest BCUT2D eigenvalue weighted by molar-refractivity contribution is -0.136. The Morgan fingerprint density at radius 3 is 2.48 bits per heavy atom. The van der Waals surface area contributed by atoms with Gasteiger partial charge in [-0.3, -0.25) is 4.79 Å². The Hall–Kier alpha value is -0.370. The van der Waals surface area contributed by atoms with E-state index in [0.29, 0.717) is 26.1 Å². The van der Waals surface area contributed by atoms with Crippen LogP contribution in [0, 0.1) is 5.92 Å². The summed E-state index contributed by atoms with van der Waals surface area (Å²) in [6, 6.07) is 0.00547. The second kappa shape index (κ2) is 8.14. The summed E-state index contributed by atoms with van der Waals surface area (Å²) >= 11 is 0. The van der Waals surface area contributed by atoms with Gasteiger partial charge in [-0.05, 0) is 38.6 Å². The van der Waals surface area contributed by atoms with E-state index in [9.17, 15) is 13.2 Å². The largest absolute Gasteiger partial charge is 0.341 e. The molecule has 1 aliphatic carbocycles. The molecule has 8 heteroatoms. The monoisotopic (exact) mass is 365 g/mol. The SMILES string of the molecule is Cl.O=C(C1CCCC1)N1CCCC(S(=O)(=O)NC2CCNC2)C1. The quantitative estimate of drug-likeness (QED) is 0.774. The maximum absolute atomic E-state index is 12.6. The van der Waals surface area contributed by atoms with E-state index in [1.165, 1.54) is 0 Å². The molecule has 3 rings (SSSR count). The molecule has 1 amide bonds. The second-order valence-corrected chi connectivity index (χ2v) is 8.87. The number of piperidine rings is 1. The van der Waals surface area contributed by atoms with Crippen molar-refractivity contribution in [3.05, 3.63) is 0 Å². The van der Waals surface area contributed by atoms with E-state index >= 15 is 0 Å². The Morgan fingerprint density at radius 2 is 1.83 bits per heavy atom. The highest BCUT2D eigenvalue weighted by atomic mass is 35.5. The van der Waals surface area contributed by atoms with Gasteiger partial charge in [0.25, 0.3) is 0 Å². The van der Waals surface area contributed by atoms with Gasteiger partial charge in [0.15, 0.2) is 0 Å². The normalized spacial score (nSPS) is 29.5. The summed E-state index contributed by atoms with van der Waals surface area (Å²) in [6.07, 6.45) is 6.48. The number of hydrogen-bond donors (Lipinski definition) is 2. The number of sulfonamides is 1. The van der Waals surface area contributed by atoms with Gasteiger partial charge in [0.2, 0.25) is 15.9 Å². The number of rotatable bonds is 4. The van der Waals surface area contributed by atoms with Crippen molar-refractivity contribution in [2.24, 2.45) is 5.92 Å². The van der Waals surface area contributed by atoms with Gasteiger partial charge in [-0.25, -0.2) is 13.1 Å². The average Bonchev–Trinajstić information content (AvgIpc) is 3.19. The Balaban J connectivity index is 0.00000192. The zero-order chi connectivity index (χ0) is 15.6. The summed E-state index contributed by atoms with van der Waals surface area (Å²) in [6.45, 7) is 2.65. The van der Waals surface area contributed by atoms with Crippen LogP contribution in [0.3, 0.4) is 0 Å². The van der Waals surface area contributed by atoms with E-state index < -0.39 is 15.3 Å². The lowest BCUT2D eigenvalue weighted by Gasteiger charge is -2.34. The number of halogens is 1. The fourth-order valence-electron chi connectivity index (χ4n) is 3.91. The van der Waals surface area contributed by atoms with Gasteiger partial charge in [-0.2, -0.15) is 0 Å². The van der Waals surface area contributed by atoms with Crippen molar-refractivity contribution in [1.82, 2.24) is 14.9 Å². The second-order valence-electron chi connectivity index (χ2n) is 6.88. The number of amides is 1. The predicted octanol–water partition coefficient (Wildman–Crippen LogP) is 0.871. The molecule has 1 saturated carbocycles. The molecule has 0 aromatic heterocycles. The highest BCUT2D eigenvalue weighted by Crippen LogP contribution is 2.28. The number of hydrogen-bond acceptors (Lipinski definition) is 4. The van der Waals surface area contributed by atoms with Crippen LogP contribution in [0.2, 0.25) is 0 Å². The van der Waals surface area contributed by atoms with E-state index in [1.54, 1.807) is 4.90 Å². The Kier molecular flexibility index (Phi) is 6.71. The first-order valence-corrected chi connectivity index (χ1v) is 10.1. The van der Waals surface area contributed by atoms with Crippen LogP contribution >= 0.6 is 12.4 Å². The molecule has 2 N–H and O–H groups in total. The maximum Gasteiger partial charge on any atom is 0.225 e. The molecule has 134 valence electrons. The highest BCUT2D eigenvalue weighted by molar-refractivity contribution is 7.90. The minimum absolute atomic E-state index is 0. The first kappa shape index (κ1) is 19.0. The molecule has 2 aliphatic heterocycles. The van der Waals surface area contributed by atoms with Gasteiger partial charge in [-0.1, -0.05) is 12.8 Å². The topological polar surface area (TPSA) is 78.5 Å². The van der Waals surface area contributed by atoms with Crippen molar-refractivity contribution in [3.8, 4) is 0 Å². The Morgan fingerprint density at radius 1 is 1.09 bits per heavy atom. The standard InChI is InChI=1S/C15H27N3O3S.ClH/c19-15(12-4-1-2-5-12)18-9-3-6-14(11-18)22(20,21)17-13-7-8-16-10-13;/h12-14,16-17H,1-11H2;1H. The van der Waals surface area contributed by atoms with Crippen LogP contribution in [0.15, 0.2) is 0 Å². The number of nitrogens with one attached hydrogen (secondary N) is 2. The number of nitrogens with zero attached hydrogens (tertiary/aromatic N) is 1.